The molecule has 28 heavy (non-hydrogen) atoms. The standard InChI is InChI=1S/C21H29N3O3S/c1-5-7-8-12-17(25)22-16-11-9-10-15(13-16)19-18(20(26)27-6-2)14(3)24(4)21(28)23-19/h9-11,13,19H,5-8,12H2,1-4H3,(H,22,25)(H,23,28)/t19-/m0/s1. The third-order valence-electron chi connectivity index (χ3n) is 4.76. The number of amides is 1. The molecule has 0 saturated carbocycles. The summed E-state index contributed by atoms with van der Waals surface area (Å²) in [5.74, 6) is -0.379. The predicted octanol–water partition coefficient (Wildman–Crippen LogP) is 3.90. The molecule has 0 unspecified atom stereocenters. The van der Waals surface area contributed by atoms with E-state index >= 15 is 0 Å². The summed E-state index contributed by atoms with van der Waals surface area (Å²) < 4.78 is 5.26. The molecule has 0 spiro atoms. The van der Waals surface area contributed by atoms with E-state index < -0.39 is 6.04 Å². The van der Waals surface area contributed by atoms with Crippen LogP contribution in [0, 0.1) is 0 Å². The molecule has 0 radical (unpaired) electrons. The molecular weight excluding hydrogens is 374 g/mol. The largest absolute Gasteiger partial charge is 0.463 e. The zero-order valence-electron chi connectivity index (χ0n) is 17.0. The first-order chi connectivity index (χ1) is 13.4. The van der Waals surface area contributed by atoms with Crippen LogP contribution in [0.2, 0.25) is 0 Å². The number of thiocarbonyl (C=S) groups is 1. The minimum atomic E-state index is -0.431. The van der Waals surface area contributed by atoms with Gasteiger partial charge in [-0.1, -0.05) is 31.9 Å². The van der Waals surface area contributed by atoms with Gasteiger partial charge in [-0.2, -0.15) is 0 Å². The number of nitrogens with zero attached hydrogens (tertiary/aromatic N) is 1. The molecule has 2 N–H and O–H groups in total. The molecular formula is C21H29N3O3S. The van der Waals surface area contributed by atoms with Crippen LogP contribution in [0.25, 0.3) is 0 Å². The molecule has 1 amide bonds. The third kappa shape index (κ3) is 5.32. The topological polar surface area (TPSA) is 70.7 Å². The van der Waals surface area contributed by atoms with Gasteiger partial charge in [0.15, 0.2) is 5.11 Å². The smallest absolute Gasteiger partial charge is 0.338 e. The number of esters is 1. The van der Waals surface area contributed by atoms with Gasteiger partial charge in [-0.15, -0.1) is 0 Å². The zero-order valence-corrected chi connectivity index (χ0v) is 17.8. The normalized spacial score (nSPS) is 16.6. The van der Waals surface area contributed by atoms with Gasteiger partial charge < -0.3 is 20.3 Å². The van der Waals surface area contributed by atoms with Gasteiger partial charge in [0.05, 0.1) is 18.2 Å². The van der Waals surface area contributed by atoms with Gasteiger partial charge in [0.2, 0.25) is 5.91 Å². The average molecular weight is 404 g/mol. The van der Waals surface area contributed by atoms with Crippen molar-refractivity contribution in [2.45, 2.75) is 52.5 Å². The first kappa shape index (κ1) is 21.9. The Labute approximate surface area is 172 Å². The number of benzene rings is 1. The number of hydrogen-bond acceptors (Lipinski definition) is 4. The van der Waals surface area contributed by atoms with Crippen molar-refractivity contribution in [1.29, 1.82) is 0 Å². The highest BCUT2D eigenvalue weighted by Crippen LogP contribution is 2.31. The van der Waals surface area contributed by atoms with Gasteiger partial charge in [0.1, 0.15) is 0 Å². The van der Waals surface area contributed by atoms with Crippen molar-refractivity contribution in [3.8, 4) is 0 Å². The van der Waals surface area contributed by atoms with Crippen LogP contribution in [0.4, 0.5) is 5.69 Å². The average Bonchev–Trinajstić information content (AvgIpc) is 2.66. The lowest BCUT2D eigenvalue weighted by atomic mass is 9.95. The van der Waals surface area contributed by atoms with E-state index in [0.29, 0.717) is 29.4 Å². The van der Waals surface area contributed by atoms with Crippen LogP contribution in [0.3, 0.4) is 0 Å². The molecule has 0 aliphatic carbocycles. The quantitative estimate of drug-likeness (QED) is 0.390. The van der Waals surface area contributed by atoms with Crippen LogP contribution < -0.4 is 10.6 Å². The Kier molecular flexibility index (Phi) is 7.99. The van der Waals surface area contributed by atoms with Crippen LogP contribution in [0.15, 0.2) is 35.5 Å². The van der Waals surface area contributed by atoms with E-state index in [1.807, 2.05) is 38.2 Å². The van der Waals surface area contributed by atoms with Crippen molar-refractivity contribution in [2.24, 2.45) is 0 Å². The van der Waals surface area contributed by atoms with E-state index in [4.69, 9.17) is 17.0 Å². The second kappa shape index (κ2) is 10.2. The molecule has 1 aliphatic heterocycles. The number of carbonyl (C=O) groups excluding carboxylic acids is 2. The molecule has 6 nitrogen and oxygen atoms in total. The van der Waals surface area contributed by atoms with Gasteiger partial charge in [-0.25, -0.2) is 4.79 Å². The number of anilines is 1. The Morgan fingerprint density at radius 3 is 2.71 bits per heavy atom. The maximum Gasteiger partial charge on any atom is 0.338 e. The SMILES string of the molecule is CCCCCC(=O)Nc1cccc([C@@H]2NC(=S)N(C)C(C)=C2C(=O)OCC)c1. The van der Waals surface area contributed by atoms with Crippen LogP contribution in [0.5, 0.6) is 0 Å². The number of ether oxygens (including phenoxy) is 1. The first-order valence-corrected chi connectivity index (χ1v) is 10.1. The molecule has 0 fully saturated rings. The lowest BCUT2D eigenvalue weighted by Gasteiger charge is -2.35. The number of rotatable bonds is 8. The summed E-state index contributed by atoms with van der Waals surface area (Å²) in [5.41, 5.74) is 2.81. The zero-order chi connectivity index (χ0) is 20.7. The molecule has 152 valence electrons. The Balaban J connectivity index is 2.28. The molecule has 1 aliphatic rings. The maximum absolute atomic E-state index is 12.6. The number of carbonyl (C=O) groups is 2. The van der Waals surface area contributed by atoms with E-state index in [1.54, 1.807) is 11.8 Å². The summed E-state index contributed by atoms with van der Waals surface area (Å²) >= 11 is 5.41. The second-order valence-corrected chi connectivity index (χ2v) is 7.18. The molecule has 1 heterocycles. The van der Waals surface area contributed by atoms with E-state index in [-0.39, 0.29) is 11.9 Å². The van der Waals surface area contributed by atoms with Crippen LogP contribution in [-0.4, -0.2) is 35.5 Å². The van der Waals surface area contributed by atoms with Crippen molar-refractivity contribution >= 4 is 34.9 Å². The fraction of sp³-hybridized carbons (Fsp3) is 0.476. The lowest BCUT2D eigenvalue weighted by Crippen LogP contribution is -2.46. The van der Waals surface area contributed by atoms with Crippen molar-refractivity contribution in [3.05, 3.63) is 41.1 Å². The molecule has 0 saturated heterocycles. The Bertz CT molecular complexity index is 776. The summed E-state index contributed by atoms with van der Waals surface area (Å²) in [4.78, 5) is 26.5. The highest BCUT2D eigenvalue weighted by molar-refractivity contribution is 7.80. The molecule has 0 bridgehead atoms. The minimum absolute atomic E-state index is 0.00482. The number of hydrogen-bond donors (Lipinski definition) is 2. The highest BCUT2D eigenvalue weighted by atomic mass is 32.1. The van der Waals surface area contributed by atoms with Gasteiger partial charge in [-0.3, -0.25) is 4.79 Å². The number of unbranched alkanes of at least 4 members (excludes halogenated alkanes) is 2. The van der Waals surface area contributed by atoms with Crippen molar-refractivity contribution < 1.29 is 14.3 Å². The summed E-state index contributed by atoms with van der Waals surface area (Å²) in [5, 5.41) is 6.68. The van der Waals surface area contributed by atoms with Gasteiger partial charge in [0.25, 0.3) is 0 Å². The van der Waals surface area contributed by atoms with E-state index in [0.717, 1.165) is 30.5 Å². The summed E-state index contributed by atoms with van der Waals surface area (Å²) in [6.07, 6.45) is 3.49. The molecule has 2 rings (SSSR count). The van der Waals surface area contributed by atoms with Crippen LogP contribution in [0.1, 0.15) is 58.1 Å². The van der Waals surface area contributed by atoms with Crippen molar-refractivity contribution in [1.82, 2.24) is 10.2 Å². The third-order valence-corrected chi connectivity index (χ3v) is 5.15. The van der Waals surface area contributed by atoms with Gasteiger partial charge in [0, 0.05) is 24.9 Å². The maximum atomic E-state index is 12.6. The van der Waals surface area contributed by atoms with E-state index in [9.17, 15) is 9.59 Å². The fourth-order valence-corrected chi connectivity index (χ4v) is 3.37. The van der Waals surface area contributed by atoms with Crippen molar-refractivity contribution in [2.75, 3.05) is 19.0 Å². The van der Waals surface area contributed by atoms with Crippen molar-refractivity contribution in [3.63, 3.8) is 0 Å². The van der Waals surface area contributed by atoms with Crippen LogP contribution in [-0.2, 0) is 14.3 Å². The molecule has 1 aromatic carbocycles. The first-order valence-electron chi connectivity index (χ1n) is 9.70. The van der Waals surface area contributed by atoms with Gasteiger partial charge in [-0.05, 0) is 50.2 Å². The molecule has 0 aromatic heterocycles. The predicted molar refractivity (Wildman–Crippen MR) is 115 cm³/mol. The molecule has 7 heteroatoms. The summed E-state index contributed by atoms with van der Waals surface area (Å²) in [6, 6.07) is 7.05. The minimum Gasteiger partial charge on any atom is -0.463 e. The summed E-state index contributed by atoms with van der Waals surface area (Å²) in [7, 11) is 1.81. The fourth-order valence-electron chi connectivity index (χ4n) is 3.11. The lowest BCUT2D eigenvalue weighted by molar-refractivity contribution is -0.139. The van der Waals surface area contributed by atoms with E-state index in [2.05, 4.69) is 17.6 Å². The monoisotopic (exact) mass is 403 g/mol. The second-order valence-electron chi connectivity index (χ2n) is 6.79. The number of nitrogens with one attached hydrogen (secondary N) is 2. The highest BCUT2D eigenvalue weighted by Gasteiger charge is 2.33. The van der Waals surface area contributed by atoms with Gasteiger partial charge >= 0.3 is 5.97 Å². The Morgan fingerprint density at radius 1 is 1.29 bits per heavy atom. The molecule has 1 aromatic rings. The molecule has 1 atom stereocenters. The Morgan fingerprint density at radius 2 is 2.04 bits per heavy atom. The van der Waals surface area contributed by atoms with E-state index in [1.165, 1.54) is 0 Å². The number of allylic oxidation sites excluding steroid dienone is 1. The Hall–Kier alpha value is -2.41. The van der Waals surface area contributed by atoms with Crippen LogP contribution >= 0.6 is 12.2 Å². The summed E-state index contributed by atoms with van der Waals surface area (Å²) in [6.45, 7) is 6.04.